The van der Waals surface area contributed by atoms with Gasteiger partial charge in [-0.1, -0.05) is 17.9 Å². The van der Waals surface area contributed by atoms with E-state index >= 15 is 0 Å². The van der Waals surface area contributed by atoms with E-state index in [2.05, 4.69) is 47.8 Å². The van der Waals surface area contributed by atoms with E-state index in [1.807, 2.05) is 30.3 Å². The molecule has 2 aliphatic heterocycles. The second kappa shape index (κ2) is 6.81. The highest BCUT2D eigenvalue weighted by Crippen LogP contribution is 2.51. The van der Waals surface area contributed by atoms with Gasteiger partial charge in [0.05, 0.1) is 18.0 Å². The number of amidine groups is 1. The molecule has 5 rings (SSSR count). The molecule has 7 heteroatoms. The largest absolute Gasteiger partial charge is 0.462 e. The molecule has 1 aromatic carbocycles. The molecule has 31 heavy (non-hydrogen) atoms. The fourth-order valence-corrected chi connectivity index (χ4v) is 3.70. The van der Waals surface area contributed by atoms with Gasteiger partial charge >= 0.3 is 0 Å². The highest BCUT2D eigenvalue weighted by atomic mass is 16.5. The van der Waals surface area contributed by atoms with Crippen LogP contribution in [0.25, 0.3) is 11.1 Å². The molecule has 0 fully saturated rings. The number of aliphatic imine (C=N–C) groups is 1. The van der Waals surface area contributed by atoms with E-state index in [0.717, 1.165) is 27.8 Å². The summed E-state index contributed by atoms with van der Waals surface area (Å²) in [4.78, 5) is 9.26. The van der Waals surface area contributed by atoms with Gasteiger partial charge in [0.15, 0.2) is 5.54 Å². The molecule has 0 saturated carbocycles. The maximum Gasteiger partial charge on any atom is 0.283 e. The highest BCUT2D eigenvalue weighted by molar-refractivity contribution is 5.77. The Kier molecular flexibility index (Phi) is 4.19. The number of hydrogen-bond donors (Lipinski definition) is 1. The maximum absolute atomic E-state index is 6.14. The second-order valence-corrected chi connectivity index (χ2v) is 8.62. The molecule has 0 radical (unpaired) electrons. The Morgan fingerprint density at radius 1 is 1.03 bits per heavy atom. The monoisotopic (exact) mass is 411 g/mol. The Morgan fingerprint density at radius 3 is 2.61 bits per heavy atom. The lowest BCUT2D eigenvalue weighted by atomic mass is 9.81. The van der Waals surface area contributed by atoms with Gasteiger partial charge in [0.2, 0.25) is 5.88 Å². The van der Waals surface area contributed by atoms with Gasteiger partial charge in [-0.05, 0) is 50.6 Å². The minimum Gasteiger partial charge on any atom is -0.462 e. The summed E-state index contributed by atoms with van der Waals surface area (Å²) in [7, 11) is 0. The molecule has 0 unspecified atom stereocenters. The third-order valence-electron chi connectivity index (χ3n) is 5.16. The van der Waals surface area contributed by atoms with Crippen molar-refractivity contribution in [3.63, 3.8) is 0 Å². The molecule has 2 aromatic heterocycles. The Balaban J connectivity index is 1.69. The zero-order valence-electron chi connectivity index (χ0n) is 17.5. The summed E-state index contributed by atoms with van der Waals surface area (Å²) in [6, 6.07) is 9.93. The first-order valence-corrected chi connectivity index (χ1v) is 9.95. The predicted molar refractivity (Wildman–Crippen MR) is 116 cm³/mol. The summed E-state index contributed by atoms with van der Waals surface area (Å²) >= 11 is 0. The molecule has 1 spiro atoms. The lowest BCUT2D eigenvalue weighted by Crippen LogP contribution is -2.31. The molecular weight excluding hydrogens is 390 g/mol. The van der Waals surface area contributed by atoms with Crippen LogP contribution in [0.15, 0.2) is 53.9 Å². The van der Waals surface area contributed by atoms with E-state index in [4.69, 9.17) is 20.2 Å². The fourth-order valence-electron chi connectivity index (χ4n) is 3.70. The van der Waals surface area contributed by atoms with Crippen molar-refractivity contribution >= 4 is 6.02 Å². The molecule has 154 valence electrons. The quantitative estimate of drug-likeness (QED) is 0.615. The zero-order chi connectivity index (χ0) is 21.6. The van der Waals surface area contributed by atoms with Crippen molar-refractivity contribution in [2.45, 2.75) is 26.3 Å². The fraction of sp³-hybridized carbons (Fsp3) is 0.250. The van der Waals surface area contributed by atoms with Gasteiger partial charge in [-0.15, -0.1) is 0 Å². The molecule has 3 aromatic rings. The van der Waals surface area contributed by atoms with E-state index in [0.29, 0.717) is 11.6 Å². The summed E-state index contributed by atoms with van der Waals surface area (Å²) in [6.07, 6.45) is 5.10. The van der Waals surface area contributed by atoms with E-state index < -0.39 is 5.54 Å². The van der Waals surface area contributed by atoms with Gasteiger partial charge in [-0.3, -0.25) is 0 Å². The lowest BCUT2D eigenvalue weighted by molar-refractivity contribution is 0.262. The Bertz CT molecular complexity index is 1270. The first-order chi connectivity index (χ1) is 14.8. The number of hydrogen-bond acceptors (Lipinski definition) is 7. The normalized spacial score (nSPS) is 18.7. The van der Waals surface area contributed by atoms with E-state index in [1.54, 1.807) is 18.6 Å². The van der Waals surface area contributed by atoms with Gasteiger partial charge in [0.1, 0.15) is 12.4 Å². The third kappa shape index (κ3) is 3.36. The zero-order valence-corrected chi connectivity index (χ0v) is 17.5. The van der Waals surface area contributed by atoms with Crippen LogP contribution in [0.1, 0.15) is 37.5 Å². The van der Waals surface area contributed by atoms with E-state index in [1.165, 1.54) is 0 Å². The van der Waals surface area contributed by atoms with Gasteiger partial charge in [-0.25, -0.2) is 9.98 Å². The van der Waals surface area contributed by atoms with Crippen LogP contribution in [0.5, 0.6) is 11.6 Å². The number of nitrogens with two attached hydrogens (primary N) is 1. The predicted octanol–water partition coefficient (Wildman–Crippen LogP) is 3.63. The maximum atomic E-state index is 6.14. The molecule has 1 atom stereocenters. The molecule has 7 nitrogen and oxygen atoms in total. The highest BCUT2D eigenvalue weighted by Gasteiger charge is 2.47. The summed E-state index contributed by atoms with van der Waals surface area (Å²) < 4.78 is 11.8. The molecule has 0 aliphatic carbocycles. The summed E-state index contributed by atoms with van der Waals surface area (Å²) in [5, 5.41) is 7.84. The molecule has 0 saturated heterocycles. The van der Waals surface area contributed by atoms with Crippen LogP contribution in [-0.2, 0) is 10.3 Å². The average molecular weight is 411 g/mol. The smallest absolute Gasteiger partial charge is 0.283 e. The number of ether oxygens (including phenoxy) is 2. The number of aromatic nitrogens is 3. The molecule has 2 N–H and O–H groups in total. The van der Waals surface area contributed by atoms with Gasteiger partial charge in [0.25, 0.3) is 6.02 Å². The summed E-state index contributed by atoms with van der Waals surface area (Å²) in [6.45, 7) is 6.46. The third-order valence-corrected chi connectivity index (χ3v) is 5.16. The first-order valence-electron chi connectivity index (χ1n) is 9.95. The van der Waals surface area contributed by atoms with Gasteiger partial charge in [0, 0.05) is 28.3 Å². The van der Waals surface area contributed by atoms with Gasteiger partial charge < -0.3 is 15.2 Å². The van der Waals surface area contributed by atoms with Crippen LogP contribution in [0.2, 0.25) is 0 Å². The number of pyridine rings is 1. The Labute approximate surface area is 180 Å². The summed E-state index contributed by atoms with van der Waals surface area (Å²) in [5.41, 5.74) is 9.35. The van der Waals surface area contributed by atoms with Crippen molar-refractivity contribution < 1.29 is 9.47 Å². The lowest BCUT2D eigenvalue weighted by Gasteiger charge is -2.33. The van der Waals surface area contributed by atoms with Crippen LogP contribution in [0.4, 0.5) is 0 Å². The molecule has 2 aliphatic rings. The first kappa shape index (κ1) is 19.1. The Morgan fingerprint density at radius 2 is 1.90 bits per heavy atom. The number of fused-ring (bicyclic) bond motifs is 4. The number of nitrogens with zero attached hydrogens (tertiary/aromatic N) is 4. The number of benzene rings is 1. The minimum absolute atomic E-state index is 0.122. The van der Waals surface area contributed by atoms with Crippen molar-refractivity contribution in [2.75, 3.05) is 6.61 Å². The van der Waals surface area contributed by atoms with E-state index in [-0.39, 0.29) is 18.0 Å². The molecular formula is C24H21N5O2. The van der Waals surface area contributed by atoms with Crippen LogP contribution < -0.4 is 10.5 Å². The SMILES string of the molecule is CC(C)(C)C#Cc1cnc2c(c1)[C@@]1(COC(N)=N1)c1cc(-c3ccnnc3)ccc1O2. The van der Waals surface area contributed by atoms with Gasteiger partial charge in [-0.2, -0.15) is 10.2 Å². The molecule has 0 bridgehead atoms. The topological polar surface area (TPSA) is 95.5 Å². The van der Waals surface area contributed by atoms with Crippen LogP contribution in [0, 0.1) is 17.3 Å². The van der Waals surface area contributed by atoms with E-state index in [9.17, 15) is 0 Å². The standard InChI is InChI=1S/C24H21N5O2/c1-23(2,3)8-6-15-10-19-21(26-12-15)31-20-5-4-16(17-7-9-27-28-13-17)11-18(20)24(19)14-30-22(25)29-24/h4-5,7,9-13H,14H2,1-3H3,(H2,25,29)/t24-/m1/s1. The average Bonchev–Trinajstić information content (AvgIpc) is 3.15. The number of rotatable bonds is 1. The van der Waals surface area contributed by atoms with Crippen molar-refractivity contribution in [3.05, 3.63) is 65.6 Å². The van der Waals surface area contributed by atoms with Crippen molar-refractivity contribution in [1.29, 1.82) is 0 Å². The van der Waals surface area contributed by atoms with Crippen molar-refractivity contribution in [1.82, 2.24) is 15.2 Å². The Hall–Kier alpha value is -3.92. The second-order valence-electron chi connectivity index (χ2n) is 8.62. The van der Waals surface area contributed by atoms with Crippen molar-refractivity contribution in [2.24, 2.45) is 16.1 Å². The van der Waals surface area contributed by atoms with Crippen LogP contribution in [-0.4, -0.2) is 27.8 Å². The molecule has 0 amide bonds. The van der Waals surface area contributed by atoms with Crippen LogP contribution in [0.3, 0.4) is 0 Å². The minimum atomic E-state index is -0.851. The molecule has 4 heterocycles. The van der Waals surface area contributed by atoms with Crippen molar-refractivity contribution in [3.8, 4) is 34.6 Å². The van der Waals surface area contributed by atoms with Crippen LogP contribution >= 0.6 is 0 Å². The summed E-state index contributed by atoms with van der Waals surface area (Å²) in [5.74, 6) is 7.61.